The lowest BCUT2D eigenvalue weighted by Crippen LogP contribution is -2.49. The molecule has 4 N–H and O–H groups in total. The third-order valence-electron chi connectivity index (χ3n) is 13.3. The zero-order valence-corrected chi connectivity index (χ0v) is 47.6. The number of ether oxygens (including phenoxy) is 4. The first kappa shape index (κ1) is 59.6. The zero-order valence-electron chi connectivity index (χ0n) is 46.7. The van der Waals surface area contributed by atoms with Crippen LogP contribution in [0.2, 0.25) is 0 Å². The molecule has 7 aromatic rings. The molecule has 11 heteroatoms. The van der Waals surface area contributed by atoms with Gasteiger partial charge in [0.05, 0.1) is 11.4 Å². The van der Waals surface area contributed by atoms with Crippen molar-refractivity contribution in [1.82, 2.24) is 5.32 Å². The van der Waals surface area contributed by atoms with Gasteiger partial charge >= 0.3 is 12.1 Å². The van der Waals surface area contributed by atoms with Crippen molar-refractivity contribution in [3.63, 3.8) is 0 Å². The van der Waals surface area contributed by atoms with Crippen LogP contribution in [-0.4, -0.2) is 36.2 Å². The molecule has 0 aromatic heterocycles. The number of benzene rings is 7. The summed E-state index contributed by atoms with van der Waals surface area (Å²) in [6.45, 7) is 20.2. The first-order chi connectivity index (χ1) is 37.6. The van der Waals surface area contributed by atoms with E-state index in [1.807, 2.05) is 107 Å². The Labute approximate surface area is 464 Å². The maximum absolute atomic E-state index is 13.8. The SMILES string of the molecule is C=CCOC(=O)c1cc(CC)cc(NC(=O)[C@@H]2C[C@H](NC(=O)OC(C)(C)C)[C@@H](C)C[C@H]2C)c1OCc1ccccc1.CCc1cc(C)c(OCc2ccccc2)c(N)c1.c1ccc(P(c2ccccc2)c2ccccc2)cc1. The van der Waals surface area contributed by atoms with Crippen LogP contribution in [0, 0.1) is 24.7 Å². The average Bonchev–Trinajstić information content (AvgIpc) is 3.46. The summed E-state index contributed by atoms with van der Waals surface area (Å²) < 4.78 is 22.8. The van der Waals surface area contributed by atoms with Gasteiger partial charge in [-0.3, -0.25) is 4.79 Å². The highest BCUT2D eigenvalue weighted by Gasteiger charge is 2.38. The van der Waals surface area contributed by atoms with Crippen molar-refractivity contribution in [2.45, 2.75) is 106 Å². The molecule has 1 aliphatic carbocycles. The summed E-state index contributed by atoms with van der Waals surface area (Å²) in [7, 11) is -0.446. The van der Waals surface area contributed by atoms with Crippen LogP contribution in [0.3, 0.4) is 0 Å². The molecule has 7 aromatic carbocycles. The molecule has 10 nitrogen and oxygen atoms in total. The summed E-state index contributed by atoms with van der Waals surface area (Å²) in [5, 5.41) is 10.2. The van der Waals surface area contributed by atoms with Crippen LogP contribution >= 0.6 is 7.92 Å². The van der Waals surface area contributed by atoms with E-state index in [1.165, 1.54) is 27.6 Å². The van der Waals surface area contributed by atoms with E-state index in [1.54, 1.807) is 6.07 Å². The number of amides is 2. The Hall–Kier alpha value is -7.68. The van der Waals surface area contributed by atoms with Crippen LogP contribution in [0.25, 0.3) is 0 Å². The lowest BCUT2D eigenvalue weighted by Gasteiger charge is -2.38. The molecule has 1 fully saturated rings. The predicted octanol–water partition coefficient (Wildman–Crippen LogP) is 13.8. The fourth-order valence-electron chi connectivity index (χ4n) is 9.33. The standard InChI is InChI=1S/C33H44N2O6.C18H15P.C16H19NO/c1-8-15-39-31(37)26-17-23(9-2)18-28(29(26)40-20-24-13-11-10-12-14-24)34-30(36)25-19-27(22(4)16-21(25)3)35-32(38)41-33(5,6)7;1-4-10-16(11-5-1)19(17-12-6-2-7-13-17)18-14-8-3-9-15-18;1-3-13-9-12(2)16(15(17)10-13)18-11-14-7-5-4-6-8-14/h8,10-14,17-18,21-22,25,27H,1,9,15-16,19-20H2,2-7H3,(H,34,36)(H,35,38);1-15H;4-10H,3,11,17H2,1-2H3/t21-,22+,25-,27+;;/m1../s1. The second-order valence-corrected chi connectivity index (χ2v) is 22.8. The quantitative estimate of drug-likeness (QED) is 0.0355. The summed E-state index contributed by atoms with van der Waals surface area (Å²) in [6, 6.07) is 59.5. The molecule has 1 aliphatic rings. The molecule has 8 rings (SSSR count). The van der Waals surface area contributed by atoms with Crippen molar-refractivity contribution in [2.75, 3.05) is 17.7 Å². The number of hydrogen-bond acceptors (Lipinski definition) is 8. The topological polar surface area (TPSA) is 138 Å². The number of hydrogen-bond donors (Lipinski definition) is 3. The van der Waals surface area contributed by atoms with Crippen LogP contribution in [0.5, 0.6) is 11.5 Å². The van der Waals surface area contributed by atoms with Crippen molar-refractivity contribution < 1.29 is 33.3 Å². The third kappa shape index (κ3) is 18.0. The molecule has 1 saturated carbocycles. The minimum Gasteiger partial charge on any atom is -0.486 e. The molecule has 78 heavy (non-hydrogen) atoms. The number of anilines is 2. The monoisotopic (exact) mass is 1070 g/mol. The number of nitrogen functional groups attached to an aromatic ring is 1. The molecule has 4 atom stereocenters. The van der Waals surface area contributed by atoms with Crippen molar-refractivity contribution in [2.24, 2.45) is 17.8 Å². The van der Waals surface area contributed by atoms with Crippen LogP contribution < -0.4 is 41.8 Å². The minimum absolute atomic E-state index is 0.0544. The Morgan fingerprint density at radius 3 is 1.58 bits per heavy atom. The van der Waals surface area contributed by atoms with E-state index in [9.17, 15) is 14.4 Å². The number of alkyl carbamates (subject to hydrolysis) is 1. The number of carbonyl (C=O) groups excluding carboxylic acids is 3. The smallest absolute Gasteiger partial charge is 0.407 e. The summed E-state index contributed by atoms with van der Waals surface area (Å²) in [5.41, 5.74) is 12.1. The van der Waals surface area contributed by atoms with Crippen molar-refractivity contribution in [3.05, 3.63) is 222 Å². The lowest BCUT2D eigenvalue weighted by atomic mass is 9.72. The molecule has 2 amide bonds. The number of carbonyl (C=O) groups is 3. The molecular weight excluding hydrogens is 990 g/mol. The van der Waals surface area contributed by atoms with E-state index in [4.69, 9.17) is 24.7 Å². The van der Waals surface area contributed by atoms with Gasteiger partial charge in [0.2, 0.25) is 5.91 Å². The van der Waals surface area contributed by atoms with Gasteiger partial charge < -0.3 is 35.3 Å². The molecule has 0 saturated heterocycles. The Kier molecular flexibility index (Phi) is 22.7. The summed E-state index contributed by atoms with van der Waals surface area (Å²) in [4.78, 5) is 39.3. The van der Waals surface area contributed by atoms with Gasteiger partial charge in [0, 0.05) is 12.0 Å². The summed E-state index contributed by atoms with van der Waals surface area (Å²) in [6.07, 6.45) is 3.88. The number of nitrogens with two attached hydrogens (primary N) is 1. The molecule has 0 bridgehead atoms. The van der Waals surface area contributed by atoms with E-state index in [0.717, 1.165) is 46.5 Å². The first-order valence-electron chi connectivity index (χ1n) is 27.0. The molecule has 0 spiro atoms. The van der Waals surface area contributed by atoms with Crippen molar-refractivity contribution in [3.8, 4) is 11.5 Å². The van der Waals surface area contributed by atoms with Gasteiger partial charge in [-0.15, -0.1) is 0 Å². The van der Waals surface area contributed by atoms with Gasteiger partial charge in [-0.25, -0.2) is 9.59 Å². The van der Waals surface area contributed by atoms with Gasteiger partial charge in [0.1, 0.15) is 36.7 Å². The molecule has 0 aliphatic heterocycles. The van der Waals surface area contributed by atoms with Crippen LogP contribution in [-0.2, 0) is 40.3 Å². The van der Waals surface area contributed by atoms with E-state index >= 15 is 0 Å². The van der Waals surface area contributed by atoms with Crippen LogP contribution in [0.4, 0.5) is 16.2 Å². The Balaban J connectivity index is 0.000000218. The lowest BCUT2D eigenvalue weighted by molar-refractivity contribution is -0.123. The summed E-state index contributed by atoms with van der Waals surface area (Å²) >= 11 is 0. The van der Waals surface area contributed by atoms with E-state index in [2.05, 4.69) is 135 Å². The highest BCUT2D eigenvalue weighted by molar-refractivity contribution is 7.79. The Morgan fingerprint density at radius 2 is 1.12 bits per heavy atom. The fourth-order valence-corrected chi connectivity index (χ4v) is 11.6. The summed E-state index contributed by atoms with van der Waals surface area (Å²) in [5.74, 6) is 0.214. The molecule has 408 valence electrons. The van der Waals surface area contributed by atoms with Gasteiger partial charge in [-0.2, -0.15) is 0 Å². The van der Waals surface area contributed by atoms with Crippen molar-refractivity contribution in [1.29, 1.82) is 0 Å². The minimum atomic E-state index is -0.614. The highest BCUT2D eigenvalue weighted by Crippen LogP contribution is 2.38. The Bertz CT molecular complexity index is 2870. The average molecular weight is 1070 g/mol. The fraction of sp³-hybridized carbons (Fsp3) is 0.299. The number of rotatable bonds is 17. The van der Waals surface area contributed by atoms with Gasteiger partial charge in [0.25, 0.3) is 0 Å². The van der Waals surface area contributed by atoms with E-state index in [-0.39, 0.29) is 54.2 Å². The largest absolute Gasteiger partial charge is 0.486 e. The number of aryl methyl sites for hydroxylation is 3. The second kappa shape index (κ2) is 29.7. The van der Waals surface area contributed by atoms with Crippen LogP contribution in [0.1, 0.15) is 99.5 Å². The molecule has 0 heterocycles. The van der Waals surface area contributed by atoms with Gasteiger partial charge in [-0.05, 0) is 135 Å². The third-order valence-corrected chi connectivity index (χ3v) is 15.7. The van der Waals surface area contributed by atoms with E-state index < -0.39 is 25.6 Å². The number of nitrogens with one attached hydrogen (secondary N) is 2. The Morgan fingerprint density at radius 1 is 0.641 bits per heavy atom. The van der Waals surface area contributed by atoms with Crippen LogP contribution in [0.15, 0.2) is 189 Å². The molecule has 0 unspecified atom stereocenters. The predicted molar refractivity (Wildman–Crippen MR) is 321 cm³/mol. The zero-order chi connectivity index (χ0) is 56.0. The number of esters is 1. The normalized spacial score (nSPS) is 15.7. The molecular formula is C67H78N3O7P. The maximum atomic E-state index is 13.8. The maximum Gasteiger partial charge on any atom is 0.407 e. The highest BCUT2D eigenvalue weighted by atomic mass is 31.1. The van der Waals surface area contributed by atoms with E-state index in [0.29, 0.717) is 25.1 Å². The van der Waals surface area contributed by atoms with Gasteiger partial charge in [0.15, 0.2) is 5.75 Å². The second-order valence-electron chi connectivity index (χ2n) is 20.6. The first-order valence-corrected chi connectivity index (χ1v) is 28.3. The molecule has 0 radical (unpaired) electrons. The van der Waals surface area contributed by atoms with Crippen molar-refractivity contribution >= 4 is 53.2 Å². The van der Waals surface area contributed by atoms with Gasteiger partial charge in [-0.1, -0.05) is 198 Å².